The second kappa shape index (κ2) is 7.12. The third-order valence-corrected chi connectivity index (χ3v) is 1.04. The minimum Gasteiger partial charge on any atom is -0.498 e. The summed E-state index contributed by atoms with van der Waals surface area (Å²) in [5, 5.41) is 0. The van der Waals surface area contributed by atoms with Crippen LogP contribution in [0.2, 0.25) is 0 Å². The Hall–Kier alpha value is -0.990. The maximum Gasteiger partial charge on any atom is 0.305 e. The second-order valence-corrected chi connectivity index (χ2v) is 2.01. The highest BCUT2D eigenvalue weighted by Gasteiger charge is 1.98. The van der Waals surface area contributed by atoms with Gasteiger partial charge in [0.25, 0.3) is 0 Å². The molecule has 0 rings (SSSR count). The van der Waals surface area contributed by atoms with E-state index in [1.165, 1.54) is 6.26 Å². The standard InChI is InChI=1S/C8H14O3/c1-3-5-8(9)11-7-6-10-4-2/h4H,2-3,5-7H2,1H3. The van der Waals surface area contributed by atoms with E-state index in [4.69, 9.17) is 9.47 Å². The predicted molar refractivity (Wildman–Crippen MR) is 42.0 cm³/mol. The van der Waals surface area contributed by atoms with Gasteiger partial charge in [-0.2, -0.15) is 0 Å². The molecule has 0 spiro atoms. The molecule has 0 fully saturated rings. The molecular formula is C8H14O3. The molecule has 0 aromatic heterocycles. The van der Waals surface area contributed by atoms with E-state index in [2.05, 4.69) is 6.58 Å². The van der Waals surface area contributed by atoms with Gasteiger partial charge >= 0.3 is 5.97 Å². The molecule has 0 heterocycles. The average molecular weight is 158 g/mol. The predicted octanol–water partition coefficient (Wildman–Crippen LogP) is 1.49. The fourth-order valence-corrected chi connectivity index (χ4v) is 0.563. The molecular weight excluding hydrogens is 144 g/mol. The molecule has 0 bridgehead atoms. The fraction of sp³-hybridized carbons (Fsp3) is 0.625. The van der Waals surface area contributed by atoms with Gasteiger partial charge < -0.3 is 9.47 Å². The van der Waals surface area contributed by atoms with Crippen molar-refractivity contribution >= 4 is 5.97 Å². The second-order valence-electron chi connectivity index (χ2n) is 2.01. The first-order valence-corrected chi connectivity index (χ1v) is 3.69. The molecule has 0 saturated carbocycles. The molecule has 0 aliphatic heterocycles. The van der Waals surface area contributed by atoms with Gasteiger partial charge in [-0.25, -0.2) is 0 Å². The number of hydrogen-bond donors (Lipinski definition) is 0. The molecule has 3 nitrogen and oxygen atoms in total. The van der Waals surface area contributed by atoms with Crippen molar-refractivity contribution in [3.05, 3.63) is 12.8 Å². The van der Waals surface area contributed by atoms with E-state index in [1.807, 2.05) is 6.92 Å². The van der Waals surface area contributed by atoms with E-state index in [1.54, 1.807) is 0 Å². The van der Waals surface area contributed by atoms with Gasteiger partial charge in [-0.15, -0.1) is 0 Å². The van der Waals surface area contributed by atoms with Crippen molar-refractivity contribution in [2.45, 2.75) is 19.8 Å². The third-order valence-electron chi connectivity index (χ3n) is 1.04. The highest BCUT2D eigenvalue weighted by Crippen LogP contribution is 1.90. The Morgan fingerprint density at radius 2 is 2.27 bits per heavy atom. The van der Waals surface area contributed by atoms with E-state index in [9.17, 15) is 4.79 Å². The Morgan fingerprint density at radius 1 is 1.55 bits per heavy atom. The molecule has 0 amide bonds. The lowest BCUT2D eigenvalue weighted by molar-refractivity contribution is -0.144. The van der Waals surface area contributed by atoms with Crippen LogP contribution >= 0.6 is 0 Å². The molecule has 0 aromatic carbocycles. The lowest BCUT2D eigenvalue weighted by Gasteiger charge is -2.02. The van der Waals surface area contributed by atoms with Gasteiger partial charge in [0.1, 0.15) is 13.2 Å². The number of carbonyl (C=O) groups excluding carboxylic acids is 1. The highest BCUT2D eigenvalue weighted by atomic mass is 16.6. The van der Waals surface area contributed by atoms with E-state index < -0.39 is 0 Å². The zero-order valence-electron chi connectivity index (χ0n) is 6.84. The van der Waals surface area contributed by atoms with Gasteiger partial charge in [-0.05, 0) is 6.42 Å². The van der Waals surface area contributed by atoms with Gasteiger partial charge in [-0.1, -0.05) is 13.5 Å². The molecule has 64 valence electrons. The molecule has 11 heavy (non-hydrogen) atoms. The largest absolute Gasteiger partial charge is 0.498 e. The molecule has 0 unspecified atom stereocenters. The van der Waals surface area contributed by atoms with Gasteiger partial charge in [0.05, 0.1) is 6.26 Å². The number of ether oxygens (including phenoxy) is 2. The summed E-state index contributed by atoms with van der Waals surface area (Å²) in [6.45, 7) is 5.98. The minimum atomic E-state index is -0.167. The SMILES string of the molecule is C=COCCOC(=O)CCC. The molecule has 0 atom stereocenters. The molecule has 0 N–H and O–H groups in total. The van der Waals surface area contributed by atoms with E-state index in [-0.39, 0.29) is 5.97 Å². The summed E-state index contributed by atoms with van der Waals surface area (Å²) >= 11 is 0. The first kappa shape index (κ1) is 10.0. The first-order valence-electron chi connectivity index (χ1n) is 3.69. The summed E-state index contributed by atoms with van der Waals surface area (Å²) in [7, 11) is 0. The van der Waals surface area contributed by atoms with Crippen LogP contribution in [0, 0.1) is 0 Å². The van der Waals surface area contributed by atoms with Crippen LogP contribution in [-0.4, -0.2) is 19.2 Å². The monoisotopic (exact) mass is 158 g/mol. The van der Waals surface area contributed by atoms with E-state index in [0.717, 1.165) is 6.42 Å². The summed E-state index contributed by atoms with van der Waals surface area (Å²) in [5.74, 6) is -0.167. The average Bonchev–Trinajstić information content (AvgIpc) is 1.99. The van der Waals surface area contributed by atoms with Crippen LogP contribution in [0.3, 0.4) is 0 Å². The Labute approximate surface area is 67.0 Å². The number of hydrogen-bond acceptors (Lipinski definition) is 3. The zero-order chi connectivity index (χ0) is 8.53. The lowest BCUT2D eigenvalue weighted by atomic mass is 10.3. The maximum atomic E-state index is 10.7. The Morgan fingerprint density at radius 3 is 2.82 bits per heavy atom. The van der Waals surface area contributed by atoms with E-state index >= 15 is 0 Å². The van der Waals surface area contributed by atoms with Crippen LogP contribution in [0.25, 0.3) is 0 Å². The van der Waals surface area contributed by atoms with Crippen molar-refractivity contribution in [1.82, 2.24) is 0 Å². The van der Waals surface area contributed by atoms with Crippen LogP contribution in [0.15, 0.2) is 12.8 Å². The van der Waals surface area contributed by atoms with Gasteiger partial charge in [0.15, 0.2) is 0 Å². The Bertz CT molecular complexity index is 121. The van der Waals surface area contributed by atoms with Crippen molar-refractivity contribution in [3.8, 4) is 0 Å². The quantitative estimate of drug-likeness (QED) is 0.334. The van der Waals surface area contributed by atoms with Crippen LogP contribution < -0.4 is 0 Å². The van der Waals surface area contributed by atoms with Crippen molar-refractivity contribution in [3.63, 3.8) is 0 Å². The number of rotatable bonds is 6. The molecule has 3 heteroatoms. The molecule has 0 saturated heterocycles. The van der Waals surface area contributed by atoms with Crippen molar-refractivity contribution in [2.24, 2.45) is 0 Å². The van der Waals surface area contributed by atoms with Gasteiger partial charge in [0.2, 0.25) is 0 Å². The zero-order valence-corrected chi connectivity index (χ0v) is 6.84. The highest BCUT2D eigenvalue weighted by molar-refractivity contribution is 5.69. The summed E-state index contributed by atoms with van der Waals surface area (Å²) in [5.41, 5.74) is 0. The Kier molecular flexibility index (Phi) is 6.48. The summed E-state index contributed by atoms with van der Waals surface area (Å²) in [6, 6.07) is 0. The van der Waals surface area contributed by atoms with Gasteiger partial charge in [-0.3, -0.25) is 4.79 Å². The Balaban J connectivity index is 3.10. The van der Waals surface area contributed by atoms with Crippen molar-refractivity contribution < 1.29 is 14.3 Å². The summed E-state index contributed by atoms with van der Waals surface area (Å²) < 4.78 is 9.52. The van der Waals surface area contributed by atoms with Crippen LogP contribution in [-0.2, 0) is 14.3 Å². The fourth-order valence-electron chi connectivity index (χ4n) is 0.563. The van der Waals surface area contributed by atoms with Crippen molar-refractivity contribution in [1.29, 1.82) is 0 Å². The van der Waals surface area contributed by atoms with Gasteiger partial charge in [0, 0.05) is 6.42 Å². The molecule has 0 aromatic rings. The third kappa shape index (κ3) is 6.90. The maximum absolute atomic E-state index is 10.7. The topological polar surface area (TPSA) is 35.5 Å². The van der Waals surface area contributed by atoms with Crippen molar-refractivity contribution in [2.75, 3.05) is 13.2 Å². The lowest BCUT2D eigenvalue weighted by Crippen LogP contribution is -2.08. The normalized spacial score (nSPS) is 8.82. The molecule has 0 radical (unpaired) electrons. The summed E-state index contributed by atoms with van der Waals surface area (Å²) in [4.78, 5) is 10.7. The van der Waals surface area contributed by atoms with Crippen LogP contribution in [0.5, 0.6) is 0 Å². The summed E-state index contributed by atoms with van der Waals surface area (Å²) in [6.07, 6.45) is 2.63. The molecule has 0 aliphatic carbocycles. The smallest absolute Gasteiger partial charge is 0.305 e. The van der Waals surface area contributed by atoms with Crippen LogP contribution in [0.1, 0.15) is 19.8 Å². The number of esters is 1. The first-order chi connectivity index (χ1) is 5.31. The van der Waals surface area contributed by atoms with Crippen LogP contribution in [0.4, 0.5) is 0 Å². The minimum absolute atomic E-state index is 0.167. The molecule has 0 aliphatic rings. The number of carbonyl (C=O) groups is 1. The van der Waals surface area contributed by atoms with E-state index in [0.29, 0.717) is 19.6 Å².